The molecule has 0 unspecified atom stereocenters. The maximum absolute atomic E-state index is 11.9. The molecular weight excluding hydrogens is 869 g/mol. The van der Waals surface area contributed by atoms with E-state index >= 15 is 0 Å². The minimum absolute atomic E-state index is 0.230. The number of nitrogens with one attached hydrogen (secondary N) is 1. The van der Waals surface area contributed by atoms with E-state index in [0.29, 0.717) is 17.4 Å². The van der Waals surface area contributed by atoms with Crippen molar-refractivity contribution in [2.75, 3.05) is 18.1 Å². The van der Waals surface area contributed by atoms with Gasteiger partial charge in [0.15, 0.2) is 0 Å². The third-order valence-electron chi connectivity index (χ3n) is 7.82. The summed E-state index contributed by atoms with van der Waals surface area (Å²) < 4.78 is 163. The van der Waals surface area contributed by atoms with Gasteiger partial charge in [-0.25, -0.2) is 0 Å². The lowest BCUT2D eigenvalue weighted by Crippen LogP contribution is -2.04. The van der Waals surface area contributed by atoms with Crippen LogP contribution in [0.3, 0.4) is 0 Å². The van der Waals surface area contributed by atoms with E-state index in [-0.39, 0.29) is 27.8 Å². The minimum Gasteiger partial charge on any atom is -0.397 e. The van der Waals surface area contributed by atoms with Crippen LogP contribution in [0.4, 0.5) is 34.1 Å². The van der Waals surface area contributed by atoms with E-state index in [2.05, 4.69) is 25.8 Å². The van der Waals surface area contributed by atoms with Crippen LogP contribution in [0.1, 0.15) is 18.1 Å². The Morgan fingerprint density at radius 1 is 0.569 bits per heavy atom. The first-order chi connectivity index (χ1) is 26.6. The van der Waals surface area contributed by atoms with E-state index in [1.54, 1.807) is 6.07 Å². The Bertz CT molecular complexity index is 3080. The zero-order valence-corrected chi connectivity index (χ0v) is 34.0. The largest absolute Gasteiger partial charge is 0.397 e. The average Bonchev–Trinajstić information content (AvgIpc) is 3.10. The molecule has 0 spiro atoms. The van der Waals surface area contributed by atoms with Gasteiger partial charge in [-0.1, -0.05) is 31.2 Å². The fourth-order valence-corrected chi connectivity index (χ4v) is 8.53. The predicted octanol–water partition coefficient (Wildman–Crippen LogP) is 6.09. The summed E-state index contributed by atoms with van der Waals surface area (Å²) >= 11 is 0. The van der Waals surface area contributed by atoms with Gasteiger partial charge in [-0.15, -0.1) is 10.2 Å². The fourth-order valence-electron chi connectivity index (χ4n) is 5.15. The molecule has 5 aromatic rings. The van der Waals surface area contributed by atoms with Crippen LogP contribution < -0.4 is 11.1 Å². The Morgan fingerprint density at radius 3 is 1.69 bits per heavy atom. The number of nitrogens with two attached hydrogens (primary N) is 1. The highest BCUT2D eigenvalue weighted by Crippen LogP contribution is 2.37. The van der Waals surface area contributed by atoms with E-state index in [1.807, 2.05) is 26.0 Å². The highest BCUT2D eigenvalue weighted by Gasteiger charge is 2.24. The molecular formula is C32H32N6O15S5. The number of hydrogen-bond acceptors (Lipinski definition) is 16. The molecule has 0 aliphatic carbocycles. The molecule has 0 heterocycles. The lowest BCUT2D eigenvalue weighted by molar-refractivity contribution is 0.478. The van der Waals surface area contributed by atoms with Crippen LogP contribution in [0.5, 0.6) is 0 Å². The molecule has 5 aromatic carbocycles. The summed E-state index contributed by atoms with van der Waals surface area (Å²) in [4.78, 5) is -3.61. The molecule has 310 valence electrons. The van der Waals surface area contributed by atoms with Gasteiger partial charge < -0.3 is 11.1 Å². The van der Waals surface area contributed by atoms with Crippen molar-refractivity contribution in [1.82, 2.24) is 0 Å². The van der Waals surface area contributed by atoms with Gasteiger partial charge in [0.2, 0.25) is 0 Å². The first-order valence-electron chi connectivity index (χ1n) is 15.8. The Balaban J connectivity index is 0.000000267. The van der Waals surface area contributed by atoms with Crippen LogP contribution in [0.2, 0.25) is 0 Å². The van der Waals surface area contributed by atoms with Crippen LogP contribution >= 0.6 is 0 Å². The zero-order chi connectivity index (χ0) is 43.6. The van der Waals surface area contributed by atoms with Crippen LogP contribution in [0.25, 0.3) is 10.8 Å². The molecule has 0 aliphatic rings. The van der Waals surface area contributed by atoms with Crippen molar-refractivity contribution in [2.24, 2.45) is 20.5 Å². The smallest absolute Gasteiger partial charge is 0.298 e. The van der Waals surface area contributed by atoms with Crippen LogP contribution in [0, 0.1) is 6.92 Å². The van der Waals surface area contributed by atoms with E-state index in [0.717, 1.165) is 53.9 Å². The highest BCUT2D eigenvalue weighted by atomic mass is 32.2. The SMILES string of the molecule is CCc1ccc(N=Nc2ccc(S(=O)(=O)O)cc2S(=O)(=O)O)c(C)c1.CNc1cc(N)c(S(=O)(=O)O)c(N=Nc2cc(S(=O)(=O)O)c3cccc(S(=O)(=O)O)c3c2)c1. The average molecular weight is 901 g/mol. The first kappa shape index (κ1) is 45.4. The van der Waals surface area contributed by atoms with Gasteiger partial charge >= 0.3 is 0 Å². The van der Waals surface area contributed by atoms with Crippen molar-refractivity contribution in [3.8, 4) is 0 Å². The van der Waals surface area contributed by atoms with Crippen molar-refractivity contribution >= 4 is 95.5 Å². The summed E-state index contributed by atoms with van der Waals surface area (Å²) in [6.45, 7) is 3.82. The second kappa shape index (κ2) is 16.9. The molecule has 8 N–H and O–H groups in total. The normalized spacial score (nSPS) is 12.8. The maximum atomic E-state index is 11.9. The monoisotopic (exact) mass is 900 g/mol. The molecule has 0 saturated carbocycles. The van der Waals surface area contributed by atoms with Crippen LogP contribution in [-0.2, 0) is 57.0 Å². The van der Waals surface area contributed by atoms with E-state index in [9.17, 15) is 60.3 Å². The molecule has 21 nitrogen and oxygen atoms in total. The number of azo groups is 2. The lowest BCUT2D eigenvalue weighted by atomic mass is 10.1. The summed E-state index contributed by atoms with van der Waals surface area (Å²) in [6.07, 6.45) is 0.849. The minimum atomic E-state index is -4.89. The van der Waals surface area contributed by atoms with Crippen molar-refractivity contribution < 1.29 is 64.9 Å². The molecule has 0 atom stereocenters. The van der Waals surface area contributed by atoms with Crippen molar-refractivity contribution in [3.05, 3.63) is 90.0 Å². The second-order valence-corrected chi connectivity index (χ2v) is 18.8. The van der Waals surface area contributed by atoms with Gasteiger partial charge in [0.05, 0.1) is 22.0 Å². The zero-order valence-electron chi connectivity index (χ0n) is 29.9. The number of rotatable bonds is 11. The van der Waals surface area contributed by atoms with Crippen molar-refractivity contribution in [2.45, 2.75) is 44.7 Å². The maximum Gasteiger partial charge on any atom is 0.298 e. The summed E-state index contributed by atoms with van der Waals surface area (Å²) in [7, 11) is -22.4. The number of aryl methyl sites for hydroxylation is 2. The Morgan fingerprint density at radius 2 is 1.16 bits per heavy atom. The molecule has 0 aliphatic heterocycles. The van der Waals surface area contributed by atoms with E-state index in [4.69, 9.17) is 10.3 Å². The van der Waals surface area contributed by atoms with Gasteiger partial charge in [-0.3, -0.25) is 22.8 Å². The number of nitrogen functional groups attached to an aromatic ring is 1. The molecule has 5 rings (SSSR count). The van der Waals surface area contributed by atoms with Gasteiger partial charge in [-0.05, 0) is 79.1 Å². The van der Waals surface area contributed by atoms with Crippen LogP contribution in [-0.4, -0.2) is 71.9 Å². The quantitative estimate of drug-likeness (QED) is 0.0448. The number of anilines is 2. The van der Waals surface area contributed by atoms with Crippen molar-refractivity contribution in [1.29, 1.82) is 0 Å². The number of fused-ring (bicyclic) bond motifs is 1. The third-order valence-corrected chi connectivity index (χ3v) is 12.3. The van der Waals surface area contributed by atoms with Crippen molar-refractivity contribution in [3.63, 3.8) is 0 Å². The van der Waals surface area contributed by atoms with E-state index < -0.39 is 80.8 Å². The Kier molecular flexibility index (Phi) is 13.2. The van der Waals surface area contributed by atoms with Gasteiger partial charge in [0.25, 0.3) is 50.6 Å². The Labute approximate surface area is 332 Å². The summed E-state index contributed by atoms with van der Waals surface area (Å²) in [6, 6.07) is 15.8. The van der Waals surface area contributed by atoms with Gasteiger partial charge in [0.1, 0.15) is 31.0 Å². The molecule has 0 bridgehead atoms. The van der Waals surface area contributed by atoms with Gasteiger partial charge in [-0.2, -0.15) is 52.3 Å². The highest BCUT2D eigenvalue weighted by molar-refractivity contribution is 7.87. The third kappa shape index (κ3) is 11.0. The number of hydrogen-bond donors (Lipinski definition) is 7. The molecule has 0 aromatic heterocycles. The molecule has 0 saturated heterocycles. The van der Waals surface area contributed by atoms with E-state index in [1.165, 1.54) is 25.2 Å². The lowest BCUT2D eigenvalue weighted by Gasteiger charge is -2.10. The molecule has 58 heavy (non-hydrogen) atoms. The molecule has 26 heteroatoms. The summed E-state index contributed by atoms with van der Waals surface area (Å²) in [5.41, 5.74) is 7.06. The summed E-state index contributed by atoms with van der Waals surface area (Å²) in [5.74, 6) is 0. The van der Waals surface area contributed by atoms with Gasteiger partial charge in [0, 0.05) is 23.5 Å². The molecule has 0 amide bonds. The second-order valence-electron chi connectivity index (χ2n) is 11.8. The van der Waals surface area contributed by atoms with Crippen LogP contribution in [0.15, 0.2) is 124 Å². The standard InChI is InChI=1S/C17H16N4O9S3.C15H16N2O6S2/c1-19-9-6-13(18)17(33(28,29)30)14(7-9)21-20-10-5-12-11(16(8-10)32(25,26)27)3-2-4-15(12)31(22,23)24;1-3-11-4-6-13(10(2)8-11)16-17-14-7-5-12(24(18,19)20)9-15(14)25(21,22)23/h2-8,19H,18H2,1H3,(H,22,23,24)(H,25,26,27)(H,28,29,30);4-9H,3H2,1-2H3,(H,18,19,20)(H,21,22,23). The first-order valence-corrected chi connectivity index (χ1v) is 23.0. The predicted molar refractivity (Wildman–Crippen MR) is 209 cm³/mol. The molecule has 0 fully saturated rings. The topological polar surface area (TPSA) is 359 Å². The number of nitrogens with zero attached hydrogens (tertiary/aromatic N) is 4. The fraction of sp³-hybridized carbons (Fsp3) is 0.125. The summed E-state index contributed by atoms with van der Waals surface area (Å²) in [5, 5.41) is 17.4. The number of benzene rings is 5. The molecule has 0 radical (unpaired) electrons. The Hall–Kier alpha value is -5.29.